The minimum atomic E-state index is -0.271. The molecule has 0 fully saturated rings. The van der Waals surface area contributed by atoms with E-state index in [0.717, 1.165) is 10.0 Å². The van der Waals surface area contributed by atoms with Gasteiger partial charge in [-0.15, -0.1) is 0 Å². The van der Waals surface area contributed by atoms with Crippen LogP contribution in [0.15, 0.2) is 46.9 Å². The van der Waals surface area contributed by atoms with Gasteiger partial charge in [-0.05, 0) is 42.8 Å². The zero-order valence-electron chi connectivity index (χ0n) is 9.75. The molecule has 1 atom stereocenters. The number of nitrogens with one attached hydrogen (secondary N) is 1. The maximum atomic E-state index is 13.6. The molecule has 94 valence electrons. The molecule has 1 nitrogen and oxygen atoms in total. The van der Waals surface area contributed by atoms with Gasteiger partial charge in [0.25, 0.3) is 0 Å². The van der Waals surface area contributed by atoms with Gasteiger partial charge < -0.3 is 5.32 Å². The maximum absolute atomic E-state index is 13.6. The highest BCUT2D eigenvalue weighted by molar-refractivity contribution is 9.10. The van der Waals surface area contributed by atoms with Crippen molar-refractivity contribution < 1.29 is 4.39 Å². The Morgan fingerprint density at radius 2 is 2.00 bits per heavy atom. The van der Waals surface area contributed by atoms with Gasteiger partial charge >= 0.3 is 0 Å². The molecule has 0 saturated carbocycles. The molecule has 2 aromatic rings. The van der Waals surface area contributed by atoms with Crippen LogP contribution in [0.1, 0.15) is 18.5 Å². The molecule has 1 unspecified atom stereocenters. The lowest BCUT2D eigenvalue weighted by Gasteiger charge is -2.16. The number of hydrogen-bond donors (Lipinski definition) is 1. The molecule has 0 spiro atoms. The van der Waals surface area contributed by atoms with E-state index in [1.807, 2.05) is 31.2 Å². The summed E-state index contributed by atoms with van der Waals surface area (Å²) in [5, 5.41) is 3.81. The SMILES string of the molecule is CC(Nc1cc(Br)ccc1F)c1cccc(Cl)c1. The van der Waals surface area contributed by atoms with Gasteiger partial charge in [-0.25, -0.2) is 4.39 Å². The van der Waals surface area contributed by atoms with Gasteiger partial charge in [0, 0.05) is 15.5 Å². The van der Waals surface area contributed by atoms with Crippen LogP contribution < -0.4 is 5.32 Å². The van der Waals surface area contributed by atoms with Crippen LogP contribution in [0.3, 0.4) is 0 Å². The van der Waals surface area contributed by atoms with E-state index >= 15 is 0 Å². The van der Waals surface area contributed by atoms with E-state index in [1.165, 1.54) is 6.07 Å². The fourth-order valence-corrected chi connectivity index (χ4v) is 2.26. The first-order valence-corrected chi connectivity index (χ1v) is 6.70. The number of benzene rings is 2. The minimum Gasteiger partial charge on any atom is -0.376 e. The first kappa shape index (κ1) is 13.4. The molecule has 0 aliphatic heterocycles. The lowest BCUT2D eigenvalue weighted by molar-refractivity contribution is 0.627. The molecule has 2 rings (SSSR count). The molecule has 0 aliphatic carbocycles. The number of halogens is 3. The Morgan fingerprint density at radius 3 is 2.72 bits per heavy atom. The van der Waals surface area contributed by atoms with Crippen molar-refractivity contribution in [3.8, 4) is 0 Å². The second kappa shape index (κ2) is 5.72. The topological polar surface area (TPSA) is 12.0 Å². The molecular weight excluding hydrogens is 317 g/mol. The molecule has 0 saturated heterocycles. The van der Waals surface area contributed by atoms with E-state index < -0.39 is 0 Å². The van der Waals surface area contributed by atoms with Crippen LogP contribution in [0.25, 0.3) is 0 Å². The fourth-order valence-electron chi connectivity index (χ4n) is 1.70. The average Bonchev–Trinajstić information content (AvgIpc) is 2.34. The summed E-state index contributed by atoms with van der Waals surface area (Å²) in [6.07, 6.45) is 0. The summed E-state index contributed by atoms with van der Waals surface area (Å²) in [6, 6.07) is 12.3. The van der Waals surface area contributed by atoms with Gasteiger partial charge in [0.15, 0.2) is 0 Å². The highest BCUT2D eigenvalue weighted by Gasteiger charge is 2.09. The number of anilines is 1. The zero-order valence-corrected chi connectivity index (χ0v) is 12.1. The molecule has 0 bridgehead atoms. The lowest BCUT2D eigenvalue weighted by atomic mass is 10.1. The Hall–Kier alpha value is -1.06. The average molecular weight is 329 g/mol. The van der Waals surface area contributed by atoms with Crippen molar-refractivity contribution in [2.75, 3.05) is 5.32 Å². The Labute approximate surface area is 119 Å². The Morgan fingerprint density at radius 1 is 1.22 bits per heavy atom. The third kappa shape index (κ3) is 3.24. The van der Waals surface area contributed by atoms with Crippen LogP contribution >= 0.6 is 27.5 Å². The lowest BCUT2D eigenvalue weighted by Crippen LogP contribution is -2.07. The van der Waals surface area contributed by atoms with Gasteiger partial charge in [-0.3, -0.25) is 0 Å². The molecule has 0 aromatic heterocycles. The monoisotopic (exact) mass is 327 g/mol. The normalized spacial score (nSPS) is 12.2. The maximum Gasteiger partial charge on any atom is 0.146 e. The molecule has 1 N–H and O–H groups in total. The molecule has 0 amide bonds. The van der Waals surface area contributed by atoms with Gasteiger partial charge in [0.2, 0.25) is 0 Å². The van der Waals surface area contributed by atoms with Crippen LogP contribution in [0.2, 0.25) is 5.02 Å². The number of hydrogen-bond acceptors (Lipinski definition) is 1. The second-order valence-electron chi connectivity index (χ2n) is 4.05. The summed E-state index contributed by atoms with van der Waals surface area (Å²) in [4.78, 5) is 0. The highest BCUT2D eigenvalue weighted by Crippen LogP contribution is 2.25. The zero-order chi connectivity index (χ0) is 13.1. The van der Waals surface area contributed by atoms with E-state index in [0.29, 0.717) is 10.7 Å². The van der Waals surface area contributed by atoms with E-state index in [9.17, 15) is 4.39 Å². The van der Waals surface area contributed by atoms with E-state index in [1.54, 1.807) is 12.1 Å². The van der Waals surface area contributed by atoms with Crippen molar-refractivity contribution >= 4 is 33.2 Å². The fraction of sp³-hybridized carbons (Fsp3) is 0.143. The van der Waals surface area contributed by atoms with Crippen molar-refractivity contribution in [2.24, 2.45) is 0 Å². The largest absolute Gasteiger partial charge is 0.376 e. The first-order valence-electron chi connectivity index (χ1n) is 5.53. The van der Waals surface area contributed by atoms with Crippen LogP contribution in [-0.2, 0) is 0 Å². The van der Waals surface area contributed by atoms with Crippen molar-refractivity contribution in [3.63, 3.8) is 0 Å². The third-order valence-electron chi connectivity index (χ3n) is 2.65. The van der Waals surface area contributed by atoms with Crippen molar-refractivity contribution in [2.45, 2.75) is 13.0 Å². The first-order chi connectivity index (χ1) is 8.56. The van der Waals surface area contributed by atoms with Crippen molar-refractivity contribution in [1.29, 1.82) is 0 Å². The Bertz CT molecular complexity index is 559. The molecule has 0 heterocycles. The van der Waals surface area contributed by atoms with Gasteiger partial charge in [0.05, 0.1) is 5.69 Å². The van der Waals surface area contributed by atoms with Crippen LogP contribution in [0.4, 0.5) is 10.1 Å². The quantitative estimate of drug-likeness (QED) is 0.794. The summed E-state index contributed by atoms with van der Waals surface area (Å²) in [5.74, 6) is -0.271. The van der Waals surface area contributed by atoms with E-state index in [4.69, 9.17) is 11.6 Å². The molecule has 18 heavy (non-hydrogen) atoms. The van der Waals surface area contributed by atoms with Crippen LogP contribution in [0.5, 0.6) is 0 Å². The third-order valence-corrected chi connectivity index (χ3v) is 3.38. The Balaban J connectivity index is 2.21. The highest BCUT2D eigenvalue weighted by atomic mass is 79.9. The summed E-state index contributed by atoms with van der Waals surface area (Å²) in [7, 11) is 0. The van der Waals surface area contributed by atoms with Gasteiger partial charge in [-0.1, -0.05) is 39.7 Å². The van der Waals surface area contributed by atoms with Crippen LogP contribution in [-0.4, -0.2) is 0 Å². The summed E-state index contributed by atoms with van der Waals surface area (Å²) in [5.41, 5.74) is 1.48. The predicted molar refractivity (Wildman–Crippen MR) is 77.6 cm³/mol. The summed E-state index contributed by atoms with van der Waals surface area (Å²) in [6.45, 7) is 1.96. The smallest absolute Gasteiger partial charge is 0.146 e. The minimum absolute atomic E-state index is 0.0208. The molecule has 4 heteroatoms. The van der Waals surface area contributed by atoms with Crippen molar-refractivity contribution in [1.82, 2.24) is 0 Å². The van der Waals surface area contributed by atoms with E-state index in [2.05, 4.69) is 21.2 Å². The number of rotatable bonds is 3. The van der Waals surface area contributed by atoms with Crippen LogP contribution in [0, 0.1) is 5.82 Å². The summed E-state index contributed by atoms with van der Waals surface area (Å²) >= 11 is 9.27. The van der Waals surface area contributed by atoms with Crippen molar-refractivity contribution in [3.05, 3.63) is 63.3 Å². The molecule has 0 aliphatic rings. The second-order valence-corrected chi connectivity index (χ2v) is 5.40. The standard InChI is InChI=1S/C14H12BrClFN/c1-9(10-3-2-4-12(16)7-10)18-14-8-11(15)5-6-13(14)17/h2-9,18H,1H3. The Kier molecular flexibility index (Phi) is 4.25. The summed E-state index contributed by atoms with van der Waals surface area (Å²) < 4.78 is 14.5. The molecule has 0 radical (unpaired) electrons. The molecule has 2 aromatic carbocycles. The predicted octanol–water partition coefficient (Wildman–Crippen LogP) is 5.41. The van der Waals surface area contributed by atoms with Gasteiger partial charge in [0.1, 0.15) is 5.82 Å². The molecular formula is C14H12BrClFN. The van der Waals surface area contributed by atoms with Gasteiger partial charge in [-0.2, -0.15) is 0 Å². The van der Waals surface area contributed by atoms with E-state index in [-0.39, 0.29) is 11.9 Å².